The minimum absolute atomic E-state index is 0.219. The molecule has 8 heteroatoms. The van der Waals surface area contributed by atoms with Gasteiger partial charge in [0.05, 0.1) is 18.6 Å². The Labute approximate surface area is 200 Å². The highest BCUT2D eigenvalue weighted by Crippen LogP contribution is 2.39. The molecule has 0 bridgehead atoms. The van der Waals surface area contributed by atoms with Crippen molar-refractivity contribution in [3.63, 3.8) is 0 Å². The summed E-state index contributed by atoms with van der Waals surface area (Å²) >= 11 is 6.23. The van der Waals surface area contributed by atoms with Crippen LogP contribution in [0.3, 0.4) is 0 Å². The molecule has 1 unspecified atom stereocenters. The van der Waals surface area contributed by atoms with Gasteiger partial charge < -0.3 is 20.1 Å². The van der Waals surface area contributed by atoms with Crippen LogP contribution in [-0.4, -0.2) is 36.6 Å². The number of hydrogen-bond donors (Lipinski definition) is 2. The molecule has 33 heavy (non-hydrogen) atoms. The third-order valence-electron chi connectivity index (χ3n) is 5.21. The van der Waals surface area contributed by atoms with Crippen molar-refractivity contribution in [2.75, 3.05) is 7.11 Å². The first kappa shape index (κ1) is 26.5. The Morgan fingerprint density at radius 1 is 1.09 bits per heavy atom. The zero-order chi connectivity index (χ0) is 25.1. The Kier molecular flexibility index (Phi) is 8.36. The number of halogens is 1. The normalized spacial score (nSPS) is 17.5. The molecule has 180 valence electrons. The molecular weight excluding hydrogens is 444 g/mol. The first-order chi connectivity index (χ1) is 15.3. The number of rotatable bonds is 6. The van der Waals surface area contributed by atoms with Crippen LogP contribution in [-0.2, 0) is 23.9 Å². The van der Waals surface area contributed by atoms with Crippen LogP contribution in [0.2, 0.25) is 5.02 Å². The maximum absolute atomic E-state index is 13.6. The smallest absolute Gasteiger partial charge is 0.336 e. The topological polar surface area (TPSA) is 93.7 Å². The number of allylic oxidation sites excluding steroid dienone is 2. The van der Waals surface area contributed by atoms with Crippen LogP contribution < -0.4 is 10.6 Å². The fourth-order valence-electron chi connectivity index (χ4n) is 3.78. The van der Waals surface area contributed by atoms with E-state index in [1.165, 1.54) is 7.11 Å². The molecule has 2 N–H and O–H groups in total. The van der Waals surface area contributed by atoms with Gasteiger partial charge >= 0.3 is 11.9 Å². The second-order valence-corrected chi connectivity index (χ2v) is 9.85. The van der Waals surface area contributed by atoms with Crippen LogP contribution in [0.15, 0.2) is 46.8 Å². The van der Waals surface area contributed by atoms with Gasteiger partial charge in [0.15, 0.2) is 0 Å². The van der Waals surface area contributed by atoms with Gasteiger partial charge in [-0.2, -0.15) is 0 Å². The van der Waals surface area contributed by atoms with E-state index in [9.17, 15) is 14.4 Å². The highest BCUT2D eigenvalue weighted by atomic mass is 35.5. The lowest BCUT2D eigenvalue weighted by Crippen LogP contribution is -2.49. The maximum atomic E-state index is 13.6. The van der Waals surface area contributed by atoms with E-state index < -0.39 is 35.4 Å². The number of amides is 1. The van der Waals surface area contributed by atoms with Crippen LogP contribution in [0, 0.1) is 5.92 Å². The maximum Gasteiger partial charge on any atom is 0.336 e. The lowest BCUT2D eigenvalue weighted by Gasteiger charge is -2.32. The molecule has 1 aliphatic heterocycles. The second-order valence-electron chi connectivity index (χ2n) is 9.41. The molecule has 0 aliphatic carbocycles. The number of hydrogen-bond acceptors (Lipinski definition) is 6. The molecule has 0 fully saturated rings. The van der Waals surface area contributed by atoms with Crippen LogP contribution in [0.1, 0.15) is 59.9 Å². The SMILES string of the molecule is COC(=O)C1=C(C)NC(C)=C(C(=O)N[C@H](C(=O)OC(C)(C)C)C(C)C)C1c1cccc(Cl)c1. The minimum Gasteiger partial charge on any atom is -0.466 e. The van der Waals surface area contributed by atoms with E-state index in [0.29, 0.717) is 33.1 Å². The summed E-state index contributed by atoms with van der Waals surface area (Å²) in [4.78, 5) is 39.1. The van der Waals surface area contributed by atoms with Gasteiger partial charge in [-0.25, -0.2) is 9.59 Å². The Bertz CT molecular complexity index is 1000. The van der Waals surface area contributed by atoms with Crippen LogP contribution >= 0.6 is 11.6 Å². The Morgan fingerprint density at radius 2 is 1.70 bits per heavy atom. The van der Waals surface area contributed by atoms with Crippen LogP contribution in [0.4, 0.5) is 0 Å². The summed E-state index contributed by atoms with van der Waals surface area (Å²) in [6.45, 7) is 12.5. The molecule has 2 rings (SSSR count). The lowest BCUT2D eigenvalue weighted by atomic mass is 9.80. The van der Waals surface area contributed by atoms with Gasteiger partial charge in [-0.05, 0) is 58.2 Å². The highest BCUT2D eigenvalue weighted by molar-refractivity contribution is 6.30. The number of methoxy groups -OCH3 is 1. The van der Waals surface area contributed by atoms with E-state index in [-0.39, 0.29) is 5.92 Å². The summed E-state index contributed by atoms with van der Waals surface area (Å²) in [6.07, 6.45) is 0. The fraction of sp³-hybridized carbons (Fsp3) is 0.480. The van der Waals surface area contributed by atoms with Crippen molar-refractivity contribution in [3.05, 3.63) is 57.4 Å². The number of ether oxygens (including phenoxy) is 2. The molecule has 1 aliphatic rings. The van der Waals surface area contributed by atoms with E-state index >= 15 is 0 Å². The Hall–Kier alpha value is -2.80. The van der Waals surface area contributed by atoms with E-state index in [1.54, 1.807) is 58.9 Å². The molecule has 2 atom stereocenters. The number of dihydropyridines is 1. The van der Waals surface area contributed by atoms with Gasteiger partial charge in [0.25, 0.3) is 5.91 Å². The lowest BCUT2D eigenvalue weighted by molar-refractivity contribution is -0.159. The molecule has 0 spiro atoms. The van der Waals surface area contributed by atoms with E-state index in [2.05, 4.69) is 10.6 Å². The Balaban J connectivity index is 2.54. The number of esters is 2. The number of carbonyl (C=O) groups excluding carboxylic acids is 3. The van der Waals surface area contributed by atoms with E-state index in [1.807, 2.05) is 13.8 Å². The van der Waals surface area contributed by atoms with Gasteiger partial charge in [0.2, 0.25) is 0 Å². The second kappa shape index (κ2) is 10.4. The fourth-order valence-corrected chi connectivity index (χ4v) is 3.98. The average Bonchev–Trinajstić information content (AvgIpc) is 2.69. The third-order valence-corrected chi connectivity index (χ3v) is 5.44. The third kappa shape index (κ3) is 6.38. The summed E-state index contributed by atoms with van der Waals surface area (Å²) in [6, 6.07) is 6.11. The van der Waals surface area contributed by atoms with Crippen molar-refractivity contribution < 1.29 is 23.9 Å². The van der Waals surface area contributed by atoms with Gasteiger partial charge in [0.1, 0.15) is 11.6 Å². The summed E-state index contributed by atoms with van der Waals surface area (Å²) in [5, 5.41) is 6.41. The van der Waals surface area contributed by atoms with Crippen LogP contribution in [0.25, 0.3) is 0 Å². The monoisotopic (exact) mass is 476 g/mol. The van der Waals surface area contributed by atoms with E-state index in [4.69, 9.17) is 21.1 Å². The first-order valence-electron chi connectivity index (χ1n) is 10.8. The standard InChI is InChI=1S/C25H33ClN2O5/c1-13(2)21(24(31)33-25(5,6)7)28-22(29)18-14(3)27-15(4)19(23(30)32-8)20(18)16-10-9-11-17(26)12-16/h9-13,20-21,27H,1-8H3,(H,28,29)/t20?,21-/m0/s1. The molecular formula is C25H33ClN2O5. The first-order valence-corrected chi connectivity index (χ1v) is 11.2. The number of nitrogens with one attached hydrogen (secondary N) is 2. The van der Waals surface area contributed by atoms with E-state index in [0.717, 1.165) is 0 Å². The predicted octanol–water partition coefficient (Wildman–Crippen LogP) is 4.23. The zero-order valence-electron chi connectivity index (χ0n) is 20.5. The summed E-state index contributed by atoms with van der Waals surface area (Å²) in [5.41, 5.74) is 1.71. The summed E-state index contributed by atoms with van der Waals surface area (Å²) in [5.74, 6) is -2.52. The number of benzene rings is 1. The molecule has 7 nitrogen and oxygen atoms in total. The largest absolute Gasteiger partial charge is 0.466 e. The van der Waals surface area contributed by atoms with Crippen LogP contribution in [0.5, 0.6) is 0 Å². The van der Waals surface area contributed by atoms with Crippen molar-refractivity contribution in [2.24, 2.45) is 5.92 Å². The molecule has 1 heterocycles. The van der Waals surface area contributed by atoms with Gasteiger partial charge in [-0.15, -0.1) is 0 Å². The van der Waals surface area contributed by atoms with Crippen molar-refractivity contribution >= 4 is 29.4 Å². The summed E-state index contributed by atoms with van der Waals surface area (Å²) < 4.78 is 10.5. The quantitative estimate of drug-likeness (QED) is 0.597. The molecule has 1 aromatic carbocycles. The van der Waals surface area contributed by atoms with Crippen molar-refractivity contribution in [2.45, 2.75) is 66.0 Å². The molecule has 1 amide bonds. The van der Waals surface area contributed by atoms with Crippen molar-refractivity contribution in [1.82, 2.24) is 10.6 Å². The molecule has 0 aromatic heterocycles. The summed E-state index contributed by atoms with van der Waals surface area (Å²) in [7, 11) is 1.29. The zero-order valence-corrected chi connectivity index (χ0v) is 21.2. The number of carbonyl (C=O) groups is 3. The minimum atomic E-state index is -0.870. The molecule has 0 saturated carbocycles. The van der Waals surface area contributed by atoms with Gasteiger partial charge in [-0.1, -0.05) is 37.6 Å². The molecule has 1 aromatic rings. The Morgan fingerprint density at radius 3 is 2.21 bits per heavy atom. The molecule has 0 radical (unpaired) electrons. The van der Waals surface area contributed by atoms with Gasteiger partial charge in [-0.3, -0.25) is 4.79 Å². The van der Waals surface area contributed by atoms with Gasteiger partial charge in [0, 0.05) is 22.0 Å². The van der Waals surface area contributed by atoms with Crippen molar-refractivity contribution in [1.29, 1.82) is 0 Å². The average molecular weight is 477 g/mol. The highest BCUT2D eigenvalue weighted by Gasteiger charge is 2.39. The predicted molar refractivity (Wildman–Crippen MR) is 127 cm³/mol. The molecule has 0 saturated heterocycles. The van der Waals surface area contributed by atoms with Crippen molar-refractivity contribution in [3.8, 4) is 0 Å².